The van der Waals surface area contributed by atoms with Crippen LogP contribution in [0.25, 0.3) is 0 Å². The predicted molar refractivity (Wildman–Crippen MR) is 109 cm³/mol. The van der Waals surface area contributed by atoms with Gasteiger partial charge in [0, 0.05) is 27.7 Å². The maximum atomic E-state index is 12.6. The van der Waals surface area contributed by atoms with E-state index in [2.05, 4.69) is 5.32 Å². The molecular formula is C20H20Cl2N2O4. The van der Waals surface area contributed by atoms with E-state index in [1.54, 1.807) is 24.3 Å². The molecule has 1 atom stereocenters. The zero-order valence-electron chi connectivity index (χ0n) is 15.7. The fourth-order valence-electron chi connectivity index (χ4n) is 2.97. The van der Waals surface area contributed by atoms with E-state index in [1.165, 1.54) is 6.92 Å². The van der Waals surface area contributed by atoms with Crippen molar-refractivity contribution in [3.05, 3.63) is 51.5 Å². The average Bonchev–Trinajstić information content (AvgIpc) is 3.07. The Labute approximate surface area is 173 Å². The number of hydrogen-bond acceptors (Lipinski definition) is 5. The first-order valence-corrected chi connectivity index (χ1v) is 9.41. The topological polar surface area (TPSA) is 67.9 Å². The van der Waals surface area contributed by atoms with Gasteiger partial charge in [-0.15, -0.1) is 0 Å². The number of ketones is 1. The summed E-state index contributed by atoms with van der Waals surface area (Å²) in [7, 11) is 1.82. The van der Waals surface area contributed by atoms with Gasteiger partial charge < -0.3 is 14.8 Å². The minimum atomic E-state index is -0.263. The summed E-state index contributed by atoms with van der Waals surface area (Å²) in [6.07, 6.45) is 0. The highest BCUT2D eigenvalue weighted by Crippen LogP contribution is 2.37. The Morgan fingerprint density at radius 1 is 1.18 bits per heavy atom. The van der Waals surface area contributed by atoms with Gasteiger partial charge in [0.05, 0.1) is 12.2 Å². The summed E-state index contributed by atoms with van der Waals surface area (Å²) in [5, 5.41) is 3.89. The lowest BCUT2D eigenvalue weighted by Crippen LogP contribution is -2.32. The van der Waals surface area contributed by atoms with Gasteiger partial charge in [0.15, 0.2) is 17.3 Å². The quantitative estimate of drug-likeness (QED) is 0.691. The molecule has 0 aliphatic carbocycles. The molecule has 2 aromatic rings. The third-order valence-electron chi connectivity index (χ3n) is 4.63. The molecule has 3 rings (SSSR count). The average molecular weight is 423 g/mol. The number of fused-ring (bicyclic) bond motifs is 1. The molecule has 0 spiro atoms. The molecular weight excluding hydrogens is 403 g/mol. The van der Waals surface area contributed by atoms with Crippen LogP contribution >= 0.6 is 23.2 Å². The molecule has 28 heavy (non-hydrogen) atoms. The van der Waals surface area contributed by atoms with Gasteiger partial charge in [-0.3, -0.25) is 14.5 Å². The van der Waals surface area contributed by atoms with Crippen molar-refractivity contribution < 1.29 is 19.1 Å². The lowest BCUT2D eigenvalue weighted by Gasteiger charge is -2.25. The predicted octanol–water partition coefficient (Wildman–Crippen LogP) is 4.56. The van der Waals surface area contributed by atoms with Crippen LogP contribution in [0.3, 0.4) is 0 Å². The van der Waals surface area contributed by atoms with Crippen LogP contribution in [0.4, 0.5) is 5.69 Å². The van der Waals surface area contributed by atoms with Crippen LogP contribution in [0.1, 0.15) is 35.8 Å². The van der Waals surface area contributed by atoms with Crippen molar-refractivity contribution in [2.24, 2.45) is 0 Å². The van der Waals surface area contributed by atoms with Gasteiger partial charge in [-0.25, -0.2) is 0 Å². The van der Waals surface area contributed by atoms with Crippen molar-refractivity contribution in [3.8, 4) is 11.5 Å². The van der Waals surface area contributed by atoms with Crippen LogP contribution in [0.5, 0.6) is 11.5 Å². The number of carbonyl (C=O) groups excluding carboxylic acids is 2. The van der Waals surface area contributed by atoms with Crippen LogP contribution in [0.15, 0.2) is 30.3 Å². The second-order valence-electron chi connectivity index (χ2n) is 6.61. The van der Waals surface area contributed by atoms with Gasteiger partial charge in [-0.2, -0.15) is 0 Å². The summed E-state index contributed by atoms with van der Waals surface area (Å²) in [6, 6.07) is 8.36. The van der Waals surface area contributed by atoms with E-state index in [0.29, 0.717) is 32.8 Å². The molecule has 1 unspecified atom stereocenters. The maximum Gasteiger partial charge on any atom is 0.238 e. The molecule has 0 bridgehead atoms. The first-order chi connectivity index (χ1) is 13.3. The van der Waals surface area contributed by atoms with Gasteiger partial charge in [0.2, 0.25) is 12.7 Å². The molecule has 0 saturated carbocycles. The molecule has 1 N–H and O–H groups in total. The molecule has 8 heteroatoms. The van der Waals surface area contributed by atoms with Crippen LogP contribution in [-0.2, 0) is 4.79 Å². The van der Waals surface area contributed by atoms with E-state index < -0.39 is 0 Å². The van der Waals surface area contributed by atoms with Crippen molar-refractivity contribution in [2.45, 2.75) is 19.9 Å². The normalized spacial score (nSPS) is 13.5. The second kappa shape index (κ2) is 8.39. The smallest absolute Gasteiger partial charge is 0.238 e. The lowest BCUT2D eigenvalue weighted by atomic mass is 10.1. The highest BCUT2D eigenvalue weighted by Gasteiger charge is 2.22. The summed E-state index contributed by atoms with van der Waals surface area (Å²) in [5.41, 5.74) is 1.63. The summed E-state index contributed by atoms with van der Waals surface area (Å²) in [5.74, 6) is 0.547. The maximum absolute atomic E-state index is 12.6. The SMILES string of the molecule is CC(=O)c1cc2c(cc1NC(=O)CN(C)C(C)c1ccc(Cl)cc1Cl)OCO2. The molecule has 148 valence electrons. The van der Waals surface area contributed by atoms with Crippen LogP contribution in [0, 0.1) is 0 Å². The van der Waals surface area contributed by atoms with Crippen molar-refractivity contribution in [1.82, 2.24) is 4.90 Å². The molecule has 1 aliphatic heterocycles. The zero-order chi connectivity index (χ0) is 20.4. The largest absolute Gasteiger partial charge is 0.454 e. The number of benzene rings is 2. The number of nitrogens with one attached hydrogen (secondary N) is 1. The molecule has 2 aromatic carbocycles. The minimum Gasteiger partial charge on any atom is -0.454 e. The highest BCUT2D eigenvalue weighted by molar-refractivity contribution is 6.35. The van der Waals surface area contributed by atoms with E-state index in [0.717, 1.165) is 5.56 Å². The number of likely N-dealkylation sites (N-methyl/N-ethyl adjacent to an activating group) is 1. The van der Waals surface area contributed by atoms with Crippen molar-refractivity contribution in [3.63, 3.8) is 0 Å². The summed E-state index contributed by atoms with van der Waals surface area (Å²) in [4.78, 5) is 26.4. The first kappa shape index (κ1) is 20.5. The molecule has 0 aromatic heterocycles. The molecule has 0 fully saturated rings. The Morgan fingerprint density at radius 3 is 2.50 bits per heavy atom. The van der Waals surface area contributed by atoms with Gasteiger partial charge in [-0.1, -0.05) is 29.3 Å². The Morgan fingerprint density at radius 2 is 1.86 bits per heavy atom. The number of carbonyl (C=O) groups is 2. The lowest BCUT2D eigenvalue weighted by molar-refractivity contribution is -0.117. The highest BCUT2D eigenvalue weighted by atomic mass is 35.5. The van der Waals surface area contributed by atoms with Crippen molar-refractivity contribution >= 4 is 40.6 Å². The molecule has 1 amide bonds. The molecule has 0 saturated heterocycles. The van der Waals surface area contributed by atoms with Crippen molar-refractivity contribution in [2.75, 3.05) is 25.7 Å². The number of rotatable bonds is 6. The minimum absolute atomic E-state index is 0.0895. The molecule has 0 radical (unpaired) electrons. The number of hydrogen-bond donors (Lipinski definition) is 1. The monoisotopic (exact) mass is 422 g/mol. The standard InChI is InChI=1S/C20H20Cl2N2O4/c1-11(14-5-4-13(21)6-16(14)22)24(3)9-20(26)23-17-8-19-18(27-10-28-19)7-15(17)12(2)25/h4-8,11H,9-10H2,1-3H3,(H,23,26). The fraction of sp³-hybridized carbons (Fsp3) is 0.300. The number of ether oxygens (including phenoxy) is 2. The number of anilines is 1. The number of nitrogens with zero attached hydrogens (tertiary/aromatic N) is 1. The Hall–Kier alpha value is -2.28. The Kier molecular flexibility index (Phi) is 6.13. The third kappa shape index (κ3) is 4.41. The number of halogens is 2. The van der Waals surface area contributed by atoms with Crippen LogP contribution in [-0.4, -0.2) is 37.0 Å². The molecule has 1 heterocycles. The second-order valence-corrected chi connectivity index (χ2v) is 7.46. The molecule has 6 nitrogen and oxygen atoms in total. The van der Waals surface area contributed by atoms with E-state index in [-0.39, 0.29) is 31.1 Å². The Bertz CT molecular complexity index is 933. The first-order valence-electron chi connectivity index (χ1n) is 8.66. The van der Waals surface area contributed by atoms with E-state index >= 15 is 0 Å². The number of amides is 1. The van der Waals surface area contributed by atoms with Crippen LogP contribution < -0.4 is 14.8 Å². The Balaban J connectivity index is 1.72. The summed E-state index contributed by atoms with van der Waals surface area (Å²) >= 11 is 12.2. The fourth-order valence-corrected chi connectivity index (χ4v) is 3.53. The summed E-state index contributed by atoms with van der Waals surface area (Å²) in [6.45, 7) is 3.58. The molecule has 1 aliphatic rings. The van der Waals surface area contributed by atoms with Gasteiger partial charge >= 0.3 is 0 Å². The van der Waals surface area contributed by atoms with E-state index in [9.17, 15) is 9.59 Å². The van der Waals surface area contributed by atoms with Gasteiger partial charge in [0.25, 0.3) is 0 Å². The zero-order valence-corrected chi connectivity index (χ0v) is 17.2. The van der Waals surface area contributed by atoms with Crippen LogP contribution in [0.2, 0.25) is 10.0 Å². The van der Waals surface area contributed by atoms with Gasteiger partial charge in [-0.05, 0) is 44.7 Å². The summed E-state index contributed by atoms with van der Waals surface area (Å²) < 4.78 is 10.6. The van der Waals surface area contributed by atoms with E-state index in [4.69, 9.17) is 32.7 Å². The third-order valence-corrected chi connectivity index (χ3v) is 5.20. The van der Waals surface area contributed by atoms with Crippen molar-refractivity contribution in [1.29, 1.82) is 0 Å². The van der Waals surface area contributed by atoms with E-state index in [1.807, 2.05) is 24.9 Å². The van der Waals surface area contributed by atoms with Gasteiger partial charge in [0.1, 0.15) is 0 Å². The number of Topliss-reactive ketones (excluding diaryl/α,β-unsaturated/α-hetero) is 1.